The zero-order chi connectivity index (χ0) is 18.4. The van der Waals surface area contributed by atoms with Crippen LogP contribution in [0.15, 0.2) is 23.3 Å². The number of ether oxygens (including phenoxy) is 1. The Kier molecular flexibility index (Phi) is 9.08. The number of hydrogen-bond donors (Lipinski definition) is 1. The number of halogens is 1. The highest BCUT2D eigenvalue weighted by atomic mass is 127. The maximum atomic E-state index is 5.61. The van der Waals surface area contributed by atoms with Crippen LogP contribution in [0.4, 0.5) is 5.82 Å². The second-order valence-electron chi connectivity index (χ2n) is 7.49. The van der Waals surface area contributed by atoms with Gasteiger partial charge in [0.15, 0.2) is 5.96 Å². The van der Waals surface area contributed by atoms with Crippen molar-refractivity contribution in [3.63, 3.8) is 0 Å². The van der Waals surface area contributed by atoms with Crippen LogP contribution < -0.4 is 10.2 Å². The van der Waals surface area contributed by atoms with E-state index in [1.54, 1.807) is 0 Å². The summed E-state index contributed by atoms with van der Waals surface area (Å²) >= 11 is 0. The summed E-state index contributed by atoms with van der Waals surface area (Å²) in [5.74, 6) is 2.89. The van der Waals surface area contributed by atoms with Crippen LogP contribution in [-0.2, 0) is 11.3 Å². The lowest BCUT2D eigenvalue weighted by atomic mass is 10.00. The molecule has 0 bridgehead atoms. The second-order valence-corrected chi connectivity index (χ2v) is 7.49. The molecular weight excluding hydrogens is 453 g/mol. The van der Waals surface area contributed by atoms with E-state index in [1.165, 1.54) is 12.8 Å². The molecule has 152 valence electrons. The number of hydrogen-bond acceptors (Lipinski definition) is 4. The number of pyridine rings is 1. The van der Waals surface area contributed by atoms with Crippen molar-refractivity contribution in [1.29, 1.82) is 0 Å². The third-order valence-corrected chi connectivity index (χ3v) is 5.20. The molecule has 1 aromatic rings. The highest BCUT2D eigenvalue weighted by molar-refractivity contribution is 14.0. The fraction of sp³-hybridized carbons (Fsp3) is 0.700. The molecule has 3 heterocycles. The van der Waals surface area contributed by atoms with Gasteiger partial charge in [0.1, 0.15) is 5.82 Å². The zero-order valence-electron chi connectivity index (χ0n) is 16.9. The van der Waals surface area contributed by atoms with Gasteiger partial charge in [-0.05, 0) is 44.2 Å². The predicted molar refractivity (Wildman–Crippen MR) is 122 cm³/mol. The maximum Gasteiger partial charge on any atom is 0.194 e. The summed E-state index contributed by atoms with van der Waals surface area (Å²) in [6.45, 7) is 12.9. The summed E-state index contributed by atoms with van der Waals surface area (Å²) in [5.41, 5.74) is 1.15. The number of aromatic nitrogens is 1. The van der Waals surface area contributed by atoms with Crippen LogP contribution >= 0.6 is 24.0 Å². The minimum atomic E-state index is 0. The number of nitrogens with one attached hydrogen (secondary N) is 1. The van der Waals surface area contributed by atoms with Crippen molar-refractivity contribution < 1.29 is 4.74 Å². The van der Waals surface area contributed by atoms with Crippen molar-refractivity contribution in [3.8, 4) is 0 Å². The Morgan fingerprint density at radius 2 is 2.04 bits per heavy atom. The van der Waals surface area contributed by atoms with Crippen molar-refractivity contribution in [3.05, 3.63) is 23.9 Å². The molecule has 0 saturated carbocycles. The second kappa shape index (κ2) is 11.0. The van der Waals surface area contributed by atoms with Crippen molar-refractivity contribution in [2.75, 3.05) is 44.2 Å². The first-order valence-corrected chi connectivity index (χ1v) is 10.0. The fourth-order valence-electron chi connectivity index (χ4n) is 3.54. The van der Waals surface area contributed by atoms with E-state index in [4.69, 9.17) is 9.73 Å². The first kappa shape index (κ1) is 22.2. The topological polar surface area (TPSA) is 53.0 Å². The Labute approximate surface area is 180 Å². The molecule has 2 aliphatic heterocycles. The molecule has 0 aliphatic carbocycles. The number of guanidine groups is 1. The average Bonchev–Trinajstić information content (AvgIpc) is 2.66. The Bertz CT molecular complexity index is 587. The fourth-order valence-corrected chi connectivity index (χ4v) is 3.54. The van der Waals surface area contributed by atoms with Gasteiger partial charge >= 0.3 is 0 Å². The standard InChI is InChI=1S/C20H33N5O.HI/c1-4-21-20(24-9-7-16(2)8-10-24)23-14-18-5-6-19(22-13-18)25-11-12-26-17(3)15-25;/h5-6,13,16-17H,4,7-12,14-15H2,1-3H3,(H,21,23);1H. The summed E-state index contributed by atoms with van der Waals surface area (Å²) in [7, 11) is 0. The van der Waals surface area contributed by atoms with Crippen LogP contribution in [0.3, 0.4) is 0 Å². The molecule has 7 heteroatoms. The highest BCUT2D eigenvalue weighted by Crippen LogP contribution is 2.17. The van der Waals surface area contributed by atoms with E-state index in [1.807, 2.05) is 6.20 Å². The summed E-state index contributed by atoms with van der Waals surface area (Å²) in [6.07, 6.45) is 4.72. The van der Waals surface area contributed by atoms with E-state index in [2.05, 4.69) is 53.0 Å². The van der Waals surface area contributed by atoms with Gasteiger partial charge in [-0.2, -0.15) is 0 Å². The molecule has 0 amide bonds. The van der Waals surface area contributed by atoms with Gasteiger partial charge in [-0.1, -0.05) is 13.0 Å². The number of aliphatic imine (C=N–C) groups is 1. The quantitative estimate of drug-likeness (QED) is 0.402. The van der Waals surface area contributed by atoms with Gasteiger partial charge in [-0.25, -0.2) is 9.98 Å². The molecule has 2 saturated heterocycles. The van der Waals surface area contributed by atoms with Gasteiger partial charge in [0.25, 0.3) is 0 Å². The summed E-state index contributed by atoms with van der Waals surface area (Å²) in [4.78, 5) is 14.2. The number of morpholine rings is 1. The Morgan fingerprint density at radius 1 is 1.26 bits per heavy atom. The number of piperidine rings is 1. The first-order valence-electron chi connectivity index (χ1n) is 10.0. The third kappa shape index (κ3) is 6.48. The smallest absolute Gasteiger partial charge is 0.194 e. The van der Waals surface area contributed by atoms with Crippen LogP contribution in [0.1, 0.15) is 39.2 Å². The lowest BCUT2D eigenvalue weighted by Gasteiger charge is -2.33. The number of likely N-dealkylation sites (tertiary alicyclic amines) is 1. The van der Waals surface area contributed by atoms with Crippen molar-refractivity contribution in [2.24, 2.45) is 10.9 Å². The SMILES string of the molecule is CCNC(=NCc1ccc(N2CCOC(C)C2)nc1)N1CCC(C)CC1.I. The van der Waals surface area contributed by atoms with Gasteiger partial charge in [0.05, 0.1) is 19.3 Å². The van der Waals surface area contributed by atoms with Crippen LogP contribution in [-0.4, -0.2) is 61.3 Å². The molecule has 1 N–H and O–H groups in total. The Balaban J connectivity index is 0.00000261. The predicted octanol–water partition coefficient (Wildman–Crippen LogP) is 3.12. The third-order valence-electron chi connectivity index (χ3n) is 5.20. The van der Waals surface area contributed by atoms with Crippen molar-refractivity contribution in [2.45, 2.75) is 46.3 Å². The minimum Gasteiger partial charge on any atom is -0.375 e. The number of anilines is 1. The molecule has 2 aliphatic rings. The molecule has 2 fully saturated rings. The first-order chi connectivity index (χ1) is 12.7. The molecule has 1 atom stereocenters. The lowest BCUT2D eigenvalue weighted by Crippen LogP contribution is -2.45. The lowest BCUT2D eigenvalue weighted by molar-refractivity contribution is 0.0529. The molecule has 6 nitrogen and oxygen atoms in total. The molecule has 0 radical (unpaired) electrons. The van der Waals surface area contributed by atoms with E-state index in [0.717, 1.165) is 62.6 Å². The molecule has 27 heavy (non-hydrogen) atoms. The number of rotatable bonds is 4. The van der Waals surface area contributed by atoms with E-state index in [9.17, 15) is 0 Å². The van der Waals surface area contributed by atoms with Gasteiger partial charge in [0.2, 0.25) is 0 Å². The Morgan fingerprint density at radius 3 is 2.67 bits per heavy atom. The molecule has 0 spiro atoms. The zero-order valence-corrected chi connectivity index (χ0v) is 19.2. The van der Waals surface area contributed by atoms with E-state index >= 15 is 0 Å². The normalized spacial score (nSPS) is 21.7. The minimum absolute atomic E-state index is 0. The molecule has 1 aromatic heterocycles. The van der Waals surface area contributed by atoms with Crippen LogP contribution in [0, 0.1) is 5.92 Å². The maximum absolute atomic E-state index is 5.61. The largest absolute Gasteiger partial charge is 0.375 e. The molecule has 1 unspecified atom stereocenters. The van der Waals surface area contributed by atoms with Gasteiger partial charge in [-0.15, -0.1) is 24.0 Å². The Hall–Kier alpha value is -1.09. The highest BCUT2D eigenvalue weighted by Gasteiger charge is 2.19. The van der Waals surface area contributed by atoms with E-state index in [0.29, 0.717) is 6.54 Å². The molecular formula is C20H34IN5O. The van der Waals surface area contributed by atoms with Gasteiger partial charge < -0.3 is 19.9 Å². The average molecular weight is 487 g/mol. The van der Waals surface area contributed by atoms with Crippen LogP contribution in [0.25, 0.3) is 0 Å². The van der Waals surface area contributed by atoms with Crippen molar-refractivity contribution >= 4 is 35.8 Å². The summed E-state index contributed by atoms with van der Waals surface area (Å²) in [5, 5.41) is 3.44. The monoisotopic (exact) mass is 487 g/mol. The van der Waals surface area contributed by atoms with Gasteiger partial charge in [0, 0.05) is 38.9 Å². The van der Waals surface area contributed by atoms with E-state index < -0.39 is 0 Å². The summed E-state index contributed by atoms with van der Waals surface area (Å²) < 4.78 is 5.61. The number of nitrogens with zero attached hydrogens (tertiary/aromatic N) is 4. The van der Waals surface area contributed by atoms with Gasteiger partial charge in [-0.3, -0.25) is 0 Å². The van der Waals surface area contributed by atoms with Crippen LogP contribution in [0.2, 0.25) is 0 Å². The molecule has 3 rings (SSSR count). The summed E-state index contributed by atoms with van der Waals surface area (Å²) in [6, 6.07) is 4.26. The van der Waals surface area contributed by atoms with Crippen molar-refractivity contribution in [1.82, 2.24) is 15.2 Å². The molecule has 0 aromatic carbocycles. The van der Waals surface area contributed by atoms with E-state index in [-0.39, 0.29) is 30.1 Å². The van der Waals surface area contributed by atoms with Crippen LogP contribution in [0.5, 0.6) is 0 Å².